The molecule has 0 unspecified atom stereocenters. The van der Waals surface area contributed by atoms with Gasteiger partial charge in [0.25, 0.3) is 0 Å². The Morgan fingerprint density at radius 3 is 2.15 bits per heavy atom. The van der Waals surface area contributed by atoms with E-state index in [-0.39, 0.29) is 48.4 Å². The zero-order valence-electron chi connectivity index (χ0n) is 19.3. The summed E-state index contributed by atoms with van der Waals surface area (Å²) in [5, 5.41) is 10.2. The van der Waals surface area contributed by atoms with Crippen LogP contribution in [0.5, 0.6) is 0 Å². The first-order valence-corrected chi connectivity index (χ1v) is 13.1. The minimum absolute atomic E-state index is 0. The van der Waals surface area contributed by atoms with E-state index in [1.807, 2.05) is 0 Å². The molecule has 2 aromatic rings. The Kier molecular flexibility index (Phi) is 8.78. The van der Waals surface area contributed by atoms with Crippen LogP contribution in [0.3, 0.4) is 0 Å². The van der Waals surface area contributed by atoms with Crippen molar-refractivity contribution < 1.29 is 9.84 Å². The van der Waals surface area contributed by atoms with Gasteiger partial charge in [0.2, 0.25) is 0 Å². The molecule has 5 fully saturated rings. The average Bonchev–Trinajstić information content (AvgIpc) is 3.15. The summed E-state index contributed by atoms with van der Waals surface area (Å²) in [5.41, 5.74) is 3.33. The first-order chi connectivity index (χ1) is 15.7. The van der Waals surface area contributed by atoms with Gasteiger partial charge in [0.15, 0.2) is 17.4 Å². The third-order valence-electron chi connectivity index (χ3n) is 8.99. The van der Waals surface area contributed by atoms with Crippen molar-refractivity contribution in [3.05, 3.63) is 53.1 Å². The Bertz CT molecular complexity index is 906. The summed E-state index contributed by atoms with van der Waals surface area (Å²) in [5.74, 6) is 4.33. The van der Waals surface area contributed by atoms with Crippen LogP contribution < -0.4 is 0 Å². The molecule has 5 aliphatic carbocycles. The van der Waals surface area contributed by atoms with Crippen molar-refractivity contribution in [1.29, 1.82) is 0 Å². The zero-order chi connectivity index (χ0) is 21.5. The van der Waals surface area contributed by atoms with Crippen LogP contribution in [0.25, 0.3) is 0 Å². The van der Waals surface area contributed by atoms with Crippen LogP contribution >= 0.6 is 0 Å². The van der Waals surface area contributed by atoms with Crippen LogP contribution in [0.4, 0.5) is 0 Å². The Labute approximate surface area is 227 Å². The molecular weight excluding hydrogens is 430 g/mol. The van der Waals surface area contributed by atoms with Gasteiger partial charge >= 0.3 is 18.9 Å². The summed E-state index contributed by atoms with van der Waals surface area (Å²) in [4.78, 5) is 5.05. The van der Waals surface area contributed by atoms with Crippen molar-refractivity contribution in [2.24, 2.45) is 17.8 Å². The molecule has 0 spiro atoms. The molecule has 0 aliphatic heterocycles. The maximum absolute atomic E-state index is 10.2. The van der Waals surface area contributed by atoms with Gasteiger partial charge in [-0.25, -0.2) is 4.98 Å². The van der Waals surface area contributed by atoms with Gasteiger partial charge in [-0.2, -0.15) is 0 Å². The number of hydrogen-bond acceptors (Lipinski definition) is 3. The molecular formula is C28H42AlLiN2O2. The second kappa shape index (κ2) is 11.3. The molecule has 5 aliphatic rings. The van der Waals surface area contributed by atoms with Crippen molar-refractivity contribution in [1.82, 2.24) is 9.55 Å². The van der Waals surface area contributed by atoms with Crippen molar-refractivity contribution in [2.75, 3.05) is 0 Å². The Hall–Kier alpha value is -0.520. The first kappa shape index (κ1) is 26.5. The Balaban J connectivity index is 0.00000137. The van der Waals surface area contributed by atoms with Crippen molar-refractivity contribution >= 4 is 36.2 Å². The standard InChI is InChI=1S/C28H38N2O2.Al.Li.4H/c31-18-25-26(19-32-28-14-21-11-22(15-28)13-23(12-21)16-28)30(17-20-7-3-1-4-8-20)27(29-25)24-9-5-2-6-10-24;;;;;;/h1,3-4,7-8,21-24,31H,2,5-6,9-19H2;;;;;;. The number of hydrogen-bond donors (Lipinski definition) is 1. The quantitative estimate of drug-likeness (QED) is 0.617. The second-order valence-electron chi connectivity index (χ2n) is 11.3. The molecule has 34 heavy (non-hydrogen) atoms. The van der Waals surface area contributed by atoms with Crippen LogP contribution in [-0.2, 0) is 24.5 Å². The van der Waals surface area contributed by atoms with Crippen LogP contribution in [0.15, 0.2) is 30.3 Å². The van der Waals surface area contributed by atoms with Gasteiger partial charge in [-0.15, -0.1) is 0 Å². The van der Waals surface area contributed by atoms with Gasteiger partial charge in [-0.1, -0.05) is 49.6 Å². The van der Waals surface area contributed by atoms with Gasteiger partial charge in [0.1, 0.15) is 5.82 Å². The zero-order valence-corrected chi connectivity index (χ0v) is 19.3. The summed E-state index contributed by atoms with van der Waals surface area (Å²) in [6, 6.07) is 10.7. The van der Waals surface area contributed by atoms with E-state index in [9.17, 15) is 5.11 Å². The fourth-order valence-electron chi connectivity index (χ4n) is 7.89. The molecule has 0 atom stereocenters. The number of imidazole rings is 1. The molecule has 7 rings (SSSR count). The third-order valence-corrected chi connectivity index (χ3v) is 8.99. The number of benzene rings is 1. The topological polar surface area (TPSA) is 47.3 Å². The Morgan fingerprint density at radius 2 is 1.56 bits per heavy atom. The number of rotatable bonds is 7. The van der Waals surface area contributed by atoms with Crippen LogP contribution in [0.1, 0.15) is 99.3 Å². The van der Waals surface area contributed by atoms with E-state index >= 15 is 0 Å². The number of nitrogens with zero attached hydrogens (tertiary/aromatic N) is 2. The van der Waals surface area contributed by atoms with Crippen molar-refractivity contribution in [3.8, 4) is 0 Å². The molecule has 4 nitrogen and oxygen atoms in total. The fraction of sp³-hybridized carbons (Fsp3) is 0.679. The average molecular weight is 473 g/mol. The Morgan fingerprint density at radius 1 is 0.941 bits per heavy atom. The summed E-state index contributed by atoms with van der Waals surface area (Å²) in [6.45, 7) is 1.41. The second-order valence-corrected chi connectivity index (χ2v) is 11.3. The molecule has 1 N–H and O–H groups in total. The van der Waals surface area contributed by atoms with E-state index < -0.39 is 0 Å². The van der Waals surface area contributed by atoms with E-state index in [4.69, 9.17) is 9.72 Å². The van der Waals surface area contributed by atoms with E-state index in [1.54, 1.807) is 0 Å². The van der Waals surface area contributed by atoms with Crippen molar-refractivity contribution in [3.63, 3.8) is 0 Å². The van der Waals surface area contributed by atoms with E-state index in [0.29, 0.717) is 12.5 Å². The molecule has 4 bridgehead atoms. The normalized spacial score (nSPS) is 30.1. The molecule has 1 aromatic carbocycles. The summed E-state index contributed by atoms with van der Waals surface area (Å²) < 4.78 is 9.29. The molecule has 0 amide bonds. The maximum atomic E-state index is 10.2. The predicted molar refractivity (Wildman–Crippen MR) is 142 cm³/mol. The molecule has 6 heteroatoms. The number of aromatic nitrogens is 2. The van der Waals surface area contributed by atoms with E-state index in [0.717, 1.165) is 35.7 Å². The van der Waals surface area contributed by atoms with Crippen LogP contribution in [0.2, 0.25) is 0 Å². The van der Waals surface area contributed by atoms with Crippen LogP contribution in [-0.4, -0.2) is 56.5 Å². The van der Waals surface area contributed by atoms with Gasteiger partial charge in [-0.3, -0.25) is 0 Å². The first-order valence-electron chi connectivity index (χ1n) is 13.1. The molecule has 180 valence electrons. The molecule has 1 heterocycles. The summed E-state index contributed by atoms with van der Waals surface area (Å²) >= 11 is 0. The molecule has 1 aromatic heterocycles. The van der Waals surface area contributed by atoms with Gasteiger partial charge in [0, 0.05) is 12.5 Å². The van der Waals surface area contributed by atoms with Crippen molar-refractivity contribution in [2.45, 2.75) is 102 Å². The third kappa shape index (κ3) is 5.27. The van der Waals surface area contributed by atoms with Gasteiger partial charge < -0.3 is 14.4 Å². The molecule has 5 saturated carbocycles. The number of aliphatic hydroxyl groups is 1. The monoisotopic (exact) mass is 472 g/mol. The molecule has 0 radical (unpaired) electrons. The molecule has 0 saturated heterocycles. The van der Waals surface area contributed by atoms with Crippen LogP contribution in [0, 0.1) is 17.8 Å². The fourth-order valence-corrected chi connectivity index (χ4v) is 7.89. The predicted octanol–water partition coefficient (Wildman–Crippen LogP) is 4.12. The number of aliphatic hydroxyl groups excluding tert-OH is 1. The minimum atomic E-state index is 0. The summed E-state index contributed by atoms with van der Waals surface area (Å²) in [7, 11) is 0. The summed E-state index contributed by atoms with van der Waals surface area (Å²) in [6.07, 6.45) is 14.4. The van der Waals surface area contributed by atoms with Gasteiger partial charge in [-0.05, 0) is 74.7 Å². The van der Waals surface area contributed by atoms with E-state index in [1.165, 1.54) is 82.0 Å². The van der Waals surface area contributed by atoms with E-state index in [2.05, 4.69) is 34.9 Å². The SMILES string of the molecule is OCc1nc(C2CCCCC2)n(Cc2ccccc2)c1COC12CC3CC(CC(C3)C1)C2.[AlH3].[LiH]. The number of ether oxygens (including phenoxy) is 1. The van der Waals surface area contributed by atoms with Gasteiger partial charge in [0.05, 0.1) is 30.2 Å².